The molecule has 18 N–H and O–H groups in total. The number of aromatic nitrogens is 1. The molecule has 0 bridgehead atoms. The van der Waals surface area contributed by atoms with Crippen LogP contribution in [0.1, 0.15) is 126 Å². The number of nitrogens with one attached hydrogen (secondary N) is 11. The third kappa shape index (κ3) is 32.6. The van der Waals surface area contributed by atoms with Gasteiger partial charge in [-0.1, -0.05) is 187 Å². The van der Waals surface area contributed by atoms with E-state index in [1.807, 2.05) is 6.92 Å². The molecule has 1 aromatic heterocycles. The van der Waals surface area contributed by atoms with Gasteiger partial charge < -0.3 is 104 Å². The summed E-state index contributed by atoms with van der Waals surface area (Å²) in [5.74, 6) is -17.9. The first kappa shape index (κ1) is 107. The second-order valence-electron chi connectivity index (χ2n) is 35.0. The predicted octanol–water partition coefficient (Wildman–Crippen LogP) is 3.19. The molecule has 7 aromatic rings. The van der Waals surface area contributed by atoms with Crippen molar-refractivity contribution in [2.45, 2.75) is 203 Å². The average Bonchev–Trinajstić information content (AvgIpc) is 1.13. The number of para-hydroxylation sites is 1. The molecule has 6 aromatic carbocycles. The Morgan fingerprint density at radius 1 is 0.463 bits per heavy atom. The Bertz CT molecular complexity index is 5300. The number of nitrogens with zero attached hydrogens (tertiary/aromatic N) is 5. The fourth-order valence-corrected chi connectivity index (χ4v) is 16.8. The number of aromatic amines is 1. The lowest BCUT2D eigenvalue weighted by atomic mass is 9.98. The number of carbonyl (C=O) groups excluding carboxylic acids is 15. The molecule has 12 atom stereocenters. The van der Waals surface area contributed by atoms with Crippen molar-refractivity contribution in [2.75, 3.05) is 59.8 Å². The van der Waals surface area contributed by atoms with Crippen molar-refractivity contribution >= 4 is 123 Å². The van der Waals surface area contributed by atoms with E-state index < -0.39 is 204 Å². The zero-order valence-corrected chi connectivity index (χ0v) is 79.2. The number of aliphatic carboxylic acids is 1. The standard InChI is InChI=1S/C98H128N18O19S/c1-11-12-34-78-96(133)113(7)77(35-24-25-36-81(99)100)92(129)108-73(52-85(122)123)91(128)111-86(59(4)5)98(135)115(9)79(49-61-28-18-14-19-29-61)93(130)109-74(48-64-39-43-67(118)44-40-64)94(131)112(6)55-83(120)104-72(51-65-53-102-69-33-23-22-32-68(65)69)90(127)107-71(46-63-37-41-66(117)42-38-63)89(126)106-70(45-58(2)3)88(125)110-76(87(124)103-54-82(101)119)56-136-57-84(121)105-75(47-60-26-16-13-17-27-60)95(132)116(10)80(97(134)114(78)8)50-62-30-20-15-21-31-62/h13-23,26-33,37-44,53,58-59,70-80,86,102,117-118H,11-12,24-25,34-36,45-52,54-57H2,1-10H3,(H3,99,100)(H2,101,119)(H,103,124)(H,104,120)(H,105,121)(H,106,126)(H,107,127)(H,108,129)(H,109,130)(H,110,125)(H,111,128)(H,122,123)/t70-,71-,72-,73-,74-,75-,76-,77-,78?,79-,80-,86?/m0/s1. The Labute approximate surface area is 795 Å². The highest BCUT2D eigenvalue weighted by Crippen LogP contribution is 2.26. The first-order chi connectivity index (χ1) is 64.7. The predicted molar refractivity (Wildman–Crippen MR) is 511 cm³/mol. The molecule has 0 spiro atoms. The lowest BCUT2D eigenvalue weighted by Gasteiger charge is -2.38. The van der Waals surface area contributed by atoms with Crippen molar-refractivity contribution in [2.24, 2.45) is 23.3 Å². The number of phenolic OH excluding ortho intramolecular Hbond substituents is 2. The molecule has 1 aliphatic heterocycles. The molecule has 2 heterocycles. The summed E-state index contributed by atoms with van der Waals surface area (Å²) < 4.78 is 0. The van der Waals surface area contributed by atoms with Gasteiger partial charge in [0.25, 0.3) is 0 Å². The van der Waals surface area contributed by atoms with Gasteiger partial charge in [-0.05, 0) is 101 Å². The van der Waals surface area contributed by atoms with Crippen molar-refractivity contribution in [1.29, 1.82) is 5.41 Å². The summed E-state index contributed by atoms with van der Waals surface area (Å²) in [5, 5.41) is 64.1. The first-order valence-corrected chi connectivity index (χ1v) is 46.5. The van der Waals surface area contributed by atoms with Gasteiger partial charge in [-0.3, -0.25) is 82.1 Å². The Hall–Kier alpha value is -14.2. The summed E-state index contributed by atoms with van der Waals surface area (Å²) in [6.45, 7) is 6.95. The van der Waals surface area contributed by atoms with Gasteiger partial charge in [0.2, 0.25) is 88.6 Å². The Kier molecular flexibility index (Phi) is 41.3. The molecule has 37 nitrogen and oxygen atoms in total. The number of phenols is 2. The van der Waals surface area contributed by atoms with Gasteiger partial charge in [0.05, 0.1) is 31.1 Å². The minimum Gasteiger partial charge on any atom is -0.508 e. The maximum absolute atomic E-state index is 15.8. The number of amides is 15. The molecule has 2 unspecified atom stereocenters. The molecular formula is C98H128N18O19S. The second-order valence-corrected chi connectivity index (χ2v) is 36.1. The fourth-order valence-electron chi connectivity index (χ4n) is 16.0. The second kappa shape index (κ2) is 52.5. The van der Waals surface area contributed by atoms with E-state index >= 15 is 52.7 Å². The van der Waals surface area contributed by atoms with Gasteiger partial charge in [-0.2, -0.15) is 0 Å². The van der Waals surface area contributed by atoms with Crippen LogP contribution in [0.5, 0.6) is 11.5 Å². The number of benzene rings is 6. The molecule has 0 saturated carbocycles. The van der Waals surface area contributed by atoms with E-state index in [9.17, 15) is 39.3 Å². The summed E-state index contributed by atoms with van der Waals surface area (Å²) in [7, 11) is 6.57. The summed E-state index contributed by atoms with van der Waals surface area (Å²) in [5.41, 5.74) is 14.8. The van der Waals surface area contributed by atoms with Crippen LogP contribution in [0, 0.1) is 17.2 Å². The van der Waals surface area contributed by atoms with Crippen molar-refractivity contribution < 1.29 is 92.0 Å². The molecule has 0 radical (unpaired) electrons. The zero-order chi connectivity index (χ0) is 99.6. The third-order valence-corrected chi connectivity index (χ3v) is 24.6. The topological polar surface area (TPSA) is 550 Å². The van der Waals surface area contributed by atoms with Gasteiger partial charge in [0.1, 0.15) is 84.0 Å². The summed E-state index contributed by atoms with van der Waals surface area (Å²) in [6.07, 6.45) is 0.0419. The molecule has 1 fully saturated rings. The molecule has 15 amide bonds. The Morgan fingerprint density at radius 2 is 0.912 bits per heavy atom. The van der Waals surface area contributed by atoms with Crippen LogP contribution in [-0.4, -0.2) is 278 Å². The number of carboxylic acid groups (broad SMARTS) is 1. The number of carboxylic acids is 1. The molecule has 1 aliphatic rings. The van der Waals surface area contributed by atoms with Gasteiger partial charge in [-0.15, -0.1) is 11.8 Å². The first-order valence-electron chi connectivity index (χ1n) is 45.3. The number of fused-ring (bicyclic) bond motifs is 1. The smallest absolute Gasteiger partial charge is 0.305 e. The van der Waals surface area contributed by atoms with Crippen molar-refractivity contribution in [3.05, 3.63) is 203 Å². The minimum atomic E-state index is -1.98. The van der Waals surface area contributed by atoms with E-state index in [4.69, 9.17) is 16.9 Å². The highest BCUT2D eigenvalue weighted by Gasteiger charge is 2.44. The SMILES string of the molecule is CCCCC1C(=O)N(C)[C@@H](CCCCC(=N)N)C(=O)N[C@@H](CC(=O)O)C(=O)NC(C(C)C)C(=O)N(C)[C@@H](Cc2ccccc2)C(=O)N[C@@H](Cc2ccc(O)cc2)C(=O)N(C)CC(=O)N[C@@H](Cc2c[nH]c3ccccc23)C(=O)N[C@@H](Cc2ccc(O)cc2)C(=O)N[C@@H](CC(C)C)C(=O)N[C@H](C(=O)NCC(N)=O)CSCC(=O)N[C@@H](Cc2ccccc2)C(=O)N(C)[C@@H](Cc2ccccc2)C(=O)N1C. The van der Waals surface area contributed by atoms with Gasteiger partial charge in [0.15, 0.2) is 0 Å². The van der Waals surface area contributed by atoms with Crippen molar-refractivity contribution in [3.63, 3.8) is 0 Å². The van der Waals surface area contributed by atoms with E-state index in [2.05, 4.69) is 52.8 Å². The largest absolute Gasteiger partial charge is 0.508 e. The number of hydrogen-bond donors (Lipinski definition) is 16. The number of likely N-dealkylation sites (N-methyl/N-ethyl adjacent to an activating group) is 5. The normalized spacial score (nSPS) is 21.9. The highest BCUT2D eigenvalue weighted by molar-refractivity contribution is 8.00. The number of primary amides is 1. The third-order valence-electron chi connectivity index (χ3n) is 23.6. The van der Waals surface area contributed by atoms with E-state index in [1.165, 1.54) is 93.6 Å². The molecule has 1 saturated heterocycles. The van der Waals surface area contributed by atoms with E-state index in [1.54, 1.807) is 149 Å². The van der Waals surface area contributed by atoms with Crippen LogP contribution in [0.4, 0.5) is 0 Å². The molecule has 8 rings (SSSR count). The van der Waals surface area contributed by atoms with Crippen LogP contribution >= 0.6 is 11.8 Å². The number of amidine groups is 1. The lowest BCUT2D eigenvalue weighted by Crippen LogP contribution is -2.62. The minimum absolute atomic E-state index is 0.0147. The van der Waals surface area contributed by atoms with Gasteiger partial charge >= 0.3 is 5.97 Å². The number of rotatable bonds is 28. The number of carbonyl (C=O) groups is 16. The lowest BCUT2D eigenvalue weighted by molar-refractivity contribution is -0.152. The number of H-pyrrole nitrogens is 1. The monoisotopic (exact) mass is 1890 g/mol. The maximum atomic E-state index is 15.8. The van der Waals surface area contributed by atoms with E-state index in [0.29, 0.717) is 57.1 Å². The van der Waals surface area contributed by atoms with Gasteiger partial charge in [-0.25, -0.2) is 0 Å². The Morgan fingerprint density at radius 3 is 1.46 bits per heavy atom. The fraction of sp³-hybridized carbons (Fsp3) is 0.439. The summed E-state index contributed by atoms with van der Waals surface area (Å²) in [4.78, 5) is 247. The average molecular weight is 1890 g/mol. The summed E-state index contributed by atoms with van der Waals surface area (Å²) >= 11 is 0.822. The number of thioether (sulfide) groups is 1. The van der Waals surface area contributed by atoms with E-state index in [-0.39, 0.29) is 100 Å². The van der Waals surface area contributed by atoms with Crippen LogP contribution in [0.3, 0.4) is 0 Å². The Balaban J connectivity index is 1.25. The molecular weight excluding hydrogens is 1770 g/mol. The van der Waals surface area contributed by atoms with Crippen LogP contribution in [-0.2, 0) is 115 Å². The zero-order valence-electron chi connectivity index (χ0n) is 78.4. The van der Waals surface area contributed by atoms with E-state index in [0.717, 1.165) is 26.5 Å². The van der Waals surface area contributed by atoms with Crippen LogP contribution in [0.25, 0.3) is 10.9 Å². The number of hydrogen-bond acceptors (Lipinski definition) is 20. The number of unbranched alkanes of at least 4 members (excludes halogenated alkanes) is 2. The van der Waals surface area contributed by atoms with Crippen molar-refractivity contribution in [1.82, 2.24) is 77.3 Å². The summed E-state index contributed by atoms with van der Waals surface area (Å²) in [6, 6.07) is 25.3. The van der Waals surface area contributed by atoms with Crippen LogP contribution in [0.15, 0.2) is 170 Å². The molecule has 0 aliphatic carbocycles. The molecule has 136 heavy (non-hydrogen) atoms. The number of aromatic hydroxyl groups is 2. The van der Waals surface area contributed by atoms with Crippen LogP contribution < -0.4 is 59.3 Å². The molecule has 730 valence electrons. The maximum Gasteiger partial charge on any atom is 0.305 e. The number of nitrogens with two attached hydrogens (primary N) is 2. The molecule has 38 heteroatoms. The van der Waals surface area contributed by atoms with Gasteiger partial charge in [0, 0.05) is 103 Å². The van der Waals surface area contributed by atoms with Crippen LogP contribution in [0.2, 0.25) is 0 Å². The quantitative estimate of drug-likeness (QED) is 0.0190. The highest BCUT2D eigenvalue weighted by atomic mass is 32.2. The van der Waals surface area contributed by atoms with Crippen molar-refractivity contribution in [3.8, 4) is 11.5 Å².